The van der Waals surface area contributed by atoms with Crippen LogP contribution in [0.15, 0.2) is 47.5 Å². The average Bonchev–Trinajstić information content (AvgIpc) is 3.41. The molecule has 0 bridgehead atoms. The molecule has 26 heavy (non-hydrogen) atoms. The van der Waals surface area contributed by atoms with E-state index >= 15 is 0 Å². The van der Waals surface area contributed by atoms with Crippen molar-refractivity contribution in [2.45, 2.75) is 50.9 Å². The number of hydrogen-bond acceptors (Lipinski definition) is 2. The van der Waals surface area contributed by atoms with Crippen LogP contribution < -0.4 is 10.6 Å². The van der Waals surface area contributed by atoms with Crippen LogP contribution in [0.25, 0.3) is 10.8 Å². The number of aliphatic imine (C=N–C) groups is 1. The molecule has 1 heterocycles. The summed E-state index contributed by atoms with van der Waals surface area (Å²) in [5.41, 5.74) is 1.31. The largest absolute Gasteiger partial charge is 0.352 e. The number of fused-ring (bicyclic) bond motifs is 1. The van der Waals surface area contributed by atoms with Gasteiger partial charge in [-0.3, -0.25) is 9.89 Å². The molecule has 0 amide bonds. The Hall–Kier alpha value is -1.34. The summed E-state index contributed by atoms with van der Waals surface area (Å²) in [5, 5.41) is 9.72. The second-order valence-corrected chi connectivity index (χ2v) is 7.42. The lowest BCUT2D eigenvalue weighted by atomic mass is 10.0. The zero-order valence-corrected chi connectivity index (χ0v) is 17.9. The molecular weight excluding hydrogens is 435 g/mol. The molecule has 0 aromatic heterocycles. The van der Waals surface area contributed by atoms with Crippen LogP contribution in [0.3, 0.4) is 0 Å². The molecular formula is C21H29IN4. The molecule has 0 radical (unpaired) electrons. The number of likely N-dealkylation sites (tertiary alicyclic amines) is 1. The van der Waals surface area contributed by atoms with E-state index in [9.17, 15) is 0 Å². The van der Waals surface area contributed by atoms with E-state index in [1.54, 1.807) is 0 Å². The molecule has 2 aromatic rings. The van der Waals surface area contributed by atoms with Gasteiger partial charge in [-0.1, -0.05) is 42.5 Å². The first kappa shape index (κ1) is 19.4. The van der Waals surface area contributed by atoms with Gasteiger partial charge in [0.25, 0.3) is 0 Å². The lowest BCUT2D eigenvalue weighted by Gasteiger charge is -2.20. The topological polar surface area (TPSA) is 39.7 Å². The molecule has 2 fully saturated rings. The van der Waals surface area contributed by atoms with Crippen molar-refractivity contribution in [3.05, 3.63) is 48.0 Å². The number of rotatable bonds is 4. The minimum atomic E-state index is 0. The quantitative estimate of drug-likeness (QED) is 0.412. The minimum Gasteiger partial charge on any atom is -0.352 e. The van der Waals surface area contributed by atoms with Gasteiger partial charge in [0.1, 0.15) is 0 Å². The number of halogens is 1. The van der Waals surface area contributed by atoms with E-state index in [1.807, 2.05) is 7.05 Å². The van der Waals surface area contributed by atoms with Crippen molar-refractivity contribution in [1.82, 2.24) is 15.5 Å². The predicted octanol–water partition coefficient (Wildman–Crippen LogP) is 3.75. The first-order valence-corrected chi connectivity index (χ1v) is 9.44. The second-order valence-electron chi connectivity index (χ2n) is 7.42. The van der Waals surface area contributed by atoms with E-state index in [1.165, 1.54) is 35.6 Å². The van der Waals surface area contributed by atoms with Gasteiger partial charge in [0, 0.05) is 38.3 Å². The molecule has 140 valence electrons. The second kappa shape index (κ2) is 8.57. The molecule has 5 heteroatoms. The molecule has 4 nitrogen and oxygen atoms in total. The van der Waals surface area contributed by atoms with Gasteiger partial charge in [-0.2, -0.15) is 0 Å². The van der Waals surface area contributed by atoms with E-state index in [0.717, 1.165) is 25.1 Å². The first-order valence-electron chi connectivity index (χ1n) is 9.44. The fourth-order valence-corrected chi connectivity index (χ4v) is 4.09. The van der Waals surface area contributed by atoms with E-state index in [0.29, 0.717) is 12.1 Å². The molecule has 2 N–H and O–H groups in total. The molecule has 2 aromatic carbocycles. The highest BCUT2D eigenvalue weighted by atomic mass is 127. The molecule has 4 rings (SSSR count). The van der Waals surface area contributed by atoms with Crippen LogP contribution in [0.4, 0.5) is 0 Å². The zero-order valence-electron chi connectivity index (χ0n) is 15.6. The molecule has 1 aliphatic carbocycles. The summed E-state index contributed by atoms with van der Waals surface area (Å²) in [4.78, 5) is 7.10. The fourth-order valence-electron chi connectivity index (χ4n) is 4.09. The number of benzene rings is 2. The predicted molar refractivity (Wildman–Crippen MR) is 120 cm³/mol. The lowest BCUT2D eigenvalue weighted by molar-refractivity contribution is 0.256. The summed E-state index contributed by atoms with van der Waals surface area (Å²) in [6.45, 7) is 4.28. The van der Waals surface area contributed by atoms with Crippen molar-refractivity contribution in [3.63, 3.8) is 0 Å². The third-order valence-corrected chi connectivity index (χ3v) is 5.53. The van der Waals surface area contributed by atoms with Crippen molar-refractivity contribution in [3.8, 4) is 0 Å². The smallest absolute Gasteiger partial charge is 0.191 e. The van der Waals surface area contributed by atoms with E-state index in [2.05, 4.69) is 69.9 Å². The fraction of sp³-hybridized carbons (Fsp3) is 0.476. The zero-order chi connectivity index (χ0) is 17.2. The van der Waals surface area contributed by atoms with Gasteiger partial charge in [0.05, 0.1) is 0 Å². The highest BCUT2D eigenvalue weighted by Crippen LogP contribution is 2.33. The Balaban J connectivity index is 0.00000196. The molecule has 2 aliphatic rings. The minimum absolute atomic E-state index is 0. The molecule has 2 unspecified atom stereocenters. The normalized spacial score (nSPS) is 23.7. The summed E-state index contributed by atoms with van der Waals surface area (Å²) in [5.74, 6) is 0.905. The van der Waals surface area contributed by atoms with Gasteiger partial charge in [0.15, 0.2) is 5.96 Å². The summed E-state index contributed by atoms with van der Waals surface area (Å²) in [7, 11) is 1.86. The maximum Gasteiger partial charge on any atom is 0.191 e. The Morgan fingerprint density at radius 3 is 2.69 bits per heavy atom. The van der Waals surface area contributed by atoms with Crippen molar-refractivity contribution < 1.29 is 0 Å². The van der Waals surface area contributed by atoms with Crippen LogP contribution in [-0.2, 0) is 6.54 Å². The Morgan fingerprint density at radius 2 is 1.92 bits per heavy atom. The van der Waals surface area contributed by atoms with Crippen LogP contribution in [0, 0.1) is 0 Å². The summed E-state index contributed by atoms with van der Waals surface area (Å²) >= 11 is 0. The molecule has 1 saturated heterocycles. The Labute approximate surface area is 173 Å². The molecule has 2 atom stereocenters. The Kier molecular flexibility index (Phi) is 6.40. The van der Waals surface area contributed by atoms with Gasteiger partial charge < -0.3 is 10.6 Å². The Morgan fingerprint density at radius 1 is 1.15 bits per heavy atom. The molecule has 0 spiro atoms. The van der Waals surface area contributed by atoms with Crippen LogP contribution in [0.1, 0.15) is 31.7 Å². The van der Waals surface area contributed by atoms with Gasteiger partial charge >= 0.3 is 0 Å². The van der Waals surface area contributed by atoms with E-state index in [4.69, 9.17) is 0 Å². The van der Waals surface area contributed by atoms with Crippen molar-refractivity contribution in [1.29, 1.82) is 0 Å². The summed E-state index contributed by atoms with van der Waals surface area (Å²) in [6.07, 6.45) is 3.96. The van der Waals surface area contributed by atoms with Crippen LogP contribution in [-0.4, -0.2) is 42.6 Å². The third-order valence-electron chi connectivity index (χ3n) is 5.53. The van der Waals surface area contributed by atoms with Crippen LogP contribution in [0.2, 0.25) is 0 Å². The maximum absolute atomic E-state index is 4.43. The third kappa shape index (κ3) is 4.31. The monoisotopic (exact) mass is 464 g/mol. The lowest BCUT2D eigenvalue weighted by Crippen LogP contribution is -2.44. The highest BCUT2D eigenvalue weighted by Gasteiger charge is 2.38. The summed E-state index contributed by atoms with van der Waals surface area (Å²) < 4.78 is 0. The highest BCUT2D eigenvalue weighted by molar-refractivity contribution is 14.0. The van der Waals surface area contributed by atoms with Gasteiger partial charge in [-0.05, 0) is 42.5 Å². The number of guanidine groups is 1. The number of hydrogen-bond donors (Lipinski definition) is 2. The van der Waals surface area contributed by atoms with Crippen molar-refractivity contribution in [2.24, 2.45) is 4.99 Å². The van der Waals surface area contributed by atoms with Gasteiger partial charge in [0.2, 0.25) is 0 Å². The van der Waals surface area contributed by atoms with Crippen molar-refractivity contribution >= 4 is 40.7 Å². The average molecular weight is 464 g/mol. The van der Waals surface area contributed by atoms with E-state index < -0.39 is 0 Å². The first-order chi connectivity index (χ1) is 12.2. The van der Waals surface area contributed by atoms with Gasteiger partial charge in [-0.25, -0.2) is 0 Å². The van der Waals surface area contributed by atoms with Gasteiger partial charge in [-0.15, -0.1) is 24.0 Å². The number of nitrogens with zero attached hydrogens (tertiary/aromatic N) is 2. The summed E-state index contributed by atoms with van der Waals surface area (Å²) in [6, 6.07) is 17.0. The molecule has 1 aliphatic heterocycles. The maximum atomic E-state index is 4.43. The SMILES string of the molecule is CN=C(NCc1cccc2ccccc12)NC1CC(C)N(C2CC2)C1.I. The molecule has 1 saturated carbocycles. The van der Waals surface area contributed by atoms with E-state index in [-0.39, 0.29) is 24.0 Å². The van der Waals surface area contributed by atoms with Crippen molar-refractivity contribution in [2.75, 3.05) is 13.6 Å². The van der Waals surface area contributed by atoms with Crippen LogP contribution in [0.5, 0.6) is 0 Å². The Bertz CT molecular complexity index is 766. The van der Waals surface area contributed by atoms with Crippen LogP contribution >= 0.6 is 24.0 Å². The standard InChI is InChI=1S/C21H28N4.HI/c1-15-12-18(14-25(15)19-10-11-19)24-21(22-2)23-13-17-8-5-7-16-6-3-4-9-20(16)17;/h3-9,15,18-19H,10-14H2,1-2H3,(H2,22,23,24);1H. The number of nitrogens with one attached hydrogen (secondary N) is 2.